The van der Waals surface area contributed by atoms with Crippen LogP contribution in [0.3, 0.4) is 0 Å². The van der Waals surface area contributed by atoms with E-state index in [-0.39, 0.29) is 5.92 Å². The van der Waals surface area contributed by atoms with E-state index in [4.69, 9.17) is 16.9 Å². The molecule has 2 aromatic rings. The minimum absolute atomic E-state index is 0.157. The molecule has 0 aromatic heterocycles. The van der Waals surface area contributed by atoms with Crippen molar-refractivity contribution in [2.45, 2.75) is 5.92 Å². The summed E-state index contributed by atoms with van der Waals surface area (Å²) >= 11 is 5.92. The number of rotatable bonds is 2. The molecule has 20 heavy (non-hydrogen) atoms. The zero-order chi connectivity index (χ0) is 13.9. The van der Waals surface area contributed by atoms with E-state index in [2.05, 4.69) is 16.6 Å². The summed E-state index contributed by atoms with van der Waals surface area (Å²) in [4.78, 5) is 0. The van der Waals surface area contributed by atoms with E-state index < -0.39 is 0 Å². The lowest BCUT2D eigenvalue weighted by molar-refractivity contribution is 0.763. The van der Waals surface area contributed by atoms with Crippen molar-refractivity contribution in [1.29, 1.82) is 5.26 Å². The van der Waals surface area contributed by atoms with Gasteiger partial charge in [0.1, 0.15) is 0 Å². The highest BCUT2D eigenvalue weighted by molar-refractivity contribution is 6.30. The summed E-state index contributed by atoms with van der Waals surface area (Å²) in [5, 5.41) is 14.1. The highest BCUT2D eigenvalue weighted by atomic mass is 35.5. The number of benzene rings is 2. The molecule has 2 aromatic carbocycles. The van der Waals surface area contributed by atoms with Gasteiger partial charge >= 0.3 is 0 Å². The minimum Gasteiger partial charge on any atom is -0.309 e. The Balaban J connectivity index is 1.96. The number of hydrogen-bond donors (Lipinski definition) is 1. The smallest absolute Gasteiger partial charge is 0.0991 e. The molecule has 3 rings (SSSR count). The average molecular weight is 282 g/mol. The Morgan fingerprint density at radius 2 is 2.00 bits per heavy atom. The van der Waals surface area contributed by atoms with E-state index in [1.807, 2.05) is 48.5 Å². The number of nitriles is 1. The molecule has 0 aliphatic carbocycles. The predicted molar refractivity (Wildman–Crippen MR) is 79.9 cm³/mol. The first-order valence-electron chi connectivity index (χ1n) is 6.34. The molecule has 1 aliphatic rings. The first kappa shape index (κ1) is 12.7. The van der Waals surface area contributed by atoms with E-state index in [1.54, 1.807) is 0 Å². The van der Waals surface area contributed by atoms with Gasteiger partial charge in [-0.25, -0.2) is 0 Å². The fourth-order valence-electron chi connectivity index (χ4n) is 2.38. The van der Waals surface area contributed by atoms with Gasteiger partial charge in [0.2, 0.25) is 0 Å². The summed E-state index contributed by atoms with van der Waals surface area (Å²) in [6.45, 7) is 0.743. The van der Waals surface area contributed by atoms with Crippen LogP contribution in [0.2, 0.25) is 5.02 Å². The van der Waals surface area contributed by atoms with Crippen molar-refractivity contribution >= 4 is 17.3 Å². The predicted octanol–water partition coefficient (Wildman–Crippen LogP) is 3.30. The quantitative estimate of drug-likeness (QED) is 0.918. The monoisotopic (exact) mass is 281 g/mol. The lowest BCUT2D eigenvalue weighted by atomic mass is 9.90. The Labute approximate surface area is 122 Å². The Bertz CT molecular complexity index is 698. The number of hydrazone groups is 1. The van der Waals surface area contributed by atoms with Crippen molar-refractivity contribution in [3.8, 4) is 6.07 Å². The van der Waals surface area contributed by atoms with E-state index >= 15 is 0 Å². The van der Waals surface area contributed by atoms with Crippen molar-refractivity contribution in [3.05, 3.63) is 70.2 Å². The summed E-state index contributed by atoms with van der Waals surface area (Å²) in [7, 11) is 0. The van der Waals surface area contributed by atoms with Crippen LogP contribution in [-0.2, 0) is 0 Å². The zero-order valence-electron chi connectivity index (χ0n) is 10.7. The maximum atomic E-state index is 9.01. The molecule has 1 heterocycles. The lowest BCUT2D eigenvalue weighted by Gasteiger charge is -2.13. The number of hydrogen-bond acceptors (Lipinski definition) is 3. The molecule has 0 bridgehead atoms. The van der Waals surface area contributed by atoms with Crippen LogP contribution in [0.25, 0.3) is 0 Å². The molecule has 1 atom stereocenters. The maximum Gasteiger partial charge on any atom is 0.0991 e. The normalized spacial score (nSPS) is 17.2. The second-order valence-electron chi connectivity index (χ2n) is 4.66. The average Bonchev–Trinajstić information content (AvgIpc) is 2.97. The molecule has 1 N–H and O–H groups in total. The number of halogens is 1. The van der Waals surface area contributed by atoms with E-state index in [1.165, 1.54) is 0 Å². The van der Waals surface area contributed by atoms with Gasteiger partial charge in [0.05, 0.1) is 17.3 Å². The molecule has 1 aliphatic heterocycles. The Hall–Kier alpha value is -2.31. The fraction of sp³-hybridized carbons (Fsp3) is 0.125. The van der Waals surface area contributed by atoms with Gasteiger partial charge < -0.3 is 5.43 Å². The van der Waals surface area contributed by atoms with Crippen LogP contribution in [-0.4, -0.2) is 12.3 Å². The first-order chi connectivity index (χ1) is 9.78. The summed E-state index contributed by atoms with van der Waals surface area (Å²) in [6.07, 6.45) is 0. The topological polar surface area (TPSA) is 48.2 Å². The zero-order valence-corrected chi connectivity index (χ0v) is 11.4. The van der Waals surface area contributed by atoms with Gasteiger partial charge in [-0.2, -0.15) is 10.4 Å². The third-order valence-corrected chi connectivity index (χ3v) is 3.64. The molecule has 0 amide bonds. The molecule has 1 unspecified atom stereocenters. The van der Waals surface area contributed by atoms with E-state index in [9.17, 15) is 0 Å². The van der Waals surface area contributed by atoms with Gasteiger partial charge in [-0.1, -0.05) is 35.9 Å². The first-order valence-corrected chi connectivity index (χ1v) is 6.72. The van der Waals surface area contributed by atoms with Gasteiger partial charge in [0, 0.05) is 17.5 Å². The van der Waals surface area contributed by atoms with Crippen molar-refractivity contribution in [3.63, 3.8) is 0 Å². The van der Waals surface area contributed by atoms with Crippen molar-refractivity contribution < 1.29 is 0 Å². The van der Waals surface area contributed by atoms with Gasteiger partial charge in [-0.15, -0.1) is 0 Å². The second kappa shape index (κ2) is 5.36. The van der Waals surface area contributed by atoms with Crippen LogP contribution in [0.1, 0.15) is 22.6 Å². The van der Waals surface area contributed by atoms with Crippen molar-refractivity contribution in [2.75, 3.05) is 6.54 Å². The molecule has 0 fully saturated rings. The third kappa shape index (κ3) is 2.38. The Kier molecular flexibility index (Phi) is 3.41. The van der Waals surface area contributed by atoms with Gasteiger partial charge in [0.15, 0.2) is 0 Å². The molecular formula is C16H12ClN3. The molecule has 3 nitrogen and oxygen atoms in total. The van der Waals surface area contributed by atoms with Gasteiger partial charge in [0.25, 0.3) is 0 Å². The van der Waals surface area contributed by atoms with Crippen LogP contribution in [0, 0.1) is 11.3 Å². The second-order valence-corrected chi connectivity index (χ2v) is 5.09. The summed E-state index contributed by atoms with van der Waals surface area (Å²) in [5.74, 6) is 0.157. The van der Waals surface area contributed by atoms with Crippen LogP contribution < -0.4 is 5.43 Å². The third-order valence-electron chi connectivity index (χ3n) is 3.38. The van der Waals surface area contributed by atoms with Crippen LogP contribution in [0.5, 0.6) is 0 Å². The van der Waals surface area contributed by atoms with Gasteiger partial charge in [-0.05, 0) is 35.4 Å². The number of nitrogens with zero attached hydrogens (tertiary/aromatic N) is 2. The highest BCUT2D eigenvalue weighted by Crippen LogP contribution is 2.25. The Morgan fingerprint density at radius 1 is 1.20 bits per heavy atom. The maximum absolute atomic E-state index is 9.01. The molecule has 0 radical (unpaired) electrons. The van der Waals surface area contributed by atoms with Crippen LogP contribution in [0.4, 0.5) is 0 Å². The van der Waals surface area contributed by atoms with E-state index in [0.29, 0.717) is 10.6 Å². The molecule has 98 valence electrons. The molecule has 0 saturated heterocycles. The number of nitrogens with one attached hydrogen (secondary N) is 1. The SMILES string of the molecule is N#Cc1cccc(C2CNN=C2c2ccc(Cl)cc2)c1. The minimum atomic E-state index is 0.157. The van der Waals surface area contributed by atoms with Crippen molar-refractivity contribution in [2.24, 2.45) is 5.10 Å². The molecule has 4 heteroatoms. The summed E-state index contributed by atoms with van der Waals surface area (Å²) < 4.78 is 0. The standard InChI is InChI=1S/C16H12ClN3/c17-14-6-4-12(5-7-14)16-15(10-19-20-16)13-3-1-2-11(8-13)9-18/h1-8,15,19H,10H2. The summed E-state index contributed by atoms with van der Waals surface area (Å²) in [5.41, 5.74) is 6.85. The van der Waals surface area contributed by atoms with Gasteiger partial charge in [-0.3, -0.25) is 0 Å². The van der Waals surface area contributed by atoms with Crippen LogP contribution in [0.15, 0.2) is 53.6 Å². The van der Waals surface area contributed by atoms with Crippen molar-refractivity contribution in [1.82, 2.24) is 5.43 Å². The Morgan fingerprint density at radius 3 is 2.75 bits per heavy atom. The summed E-state index contributed by atoms with van der Waals surface area (Å²) in [6, 6.07) is 17.5. The molecule has 0 spiro atoms. The lowest BCUT2D eigenvalue weighted by Crippen LogP contribution is -2.14. The fourth-order valence-corrected chi connectivity index (χ4v) is 2.51. The highest BCUT2D eigenvalue weighted by Gasteiger charge is 2.24. The molecular weight excluding hydrogens is 270 g/mol. The van der Waals surface area contributed by atoms with E-state index in [0.717, 1.165) is 23.4 Å². The molecule has 0 saturated carbocycles. The largest absolute Gasteiger partial charge is 0.309 e. The van der Waals surface area contributed by atoms with Crippen LogP contribution >= 0.6 is 11.6 Å².